The predicted molar refractivity (Wildman–Crippen MR) is 106 cm³/mol. The van der Waals surface area contributed by atoms with Crippen molar-refractivity contribution in [1.82, 2.24) is 20.2 Å². The molecule has 2 atom stereocenters. The molecule has 2 heterocycles. The summed E-state index contributed by atoms with van der Waals surface area (Å²) in [4.78, 5) is 9.22. The average Bonchev–Trinajstić information content (AvgIpc) is 3.01. The Bertz CT molecular complexity index is 852. The van der Waals surface area contributed by atoms with Crippen LogP contribution in [0, 0.1) is 24.7 Å². The molecule has 2 aromatic heterocycles. The molecule has 0 aromatic carbocycles. The van der Waals surface area contributed by atoms with Crippen molar-refractivity contribution in [3.63, 3.8) is 0 Å². The molecule has 6 rings (SSSR count). The average molecular weight is 384 g/mol. The quantitative estimate of drug-likeness (QED) is 0.606. The van der Waals surface area contributed by atoms with Gasteiger partial charge in [0.25, 0.3) is 0 Å². The maximum absolute atomic E-state index is 10.8. The lowest BCUT2D eigenvalue weighted by Gasteiger charge is -2.58. The summed E-state index contributed by atoms with van der Waals surface area (Å²) >= 11 is 0. The zero-order valence-corrected chi connectivity index (χ0v) is 16.4. The number of aliphatic hydroxyl groups is 1. The Morgan fingerprint density at radius 1 is 1.18 bits per heavy atom. The fourth-order valence-corrected chi connectivity index (χ4v) is 5.75. The van der Waals surface area contributed by atoms with Gasteiger partial charge in [-0.05, 0) is 63.7 Å². The van der Waals surface area contributed by atoms with Gasteiger partial charge < -0.3 is 20.5 Å². The van der Waals surface area contributed by atoms with E-state index >= 15 is 0 Å². The third-order valence-corrected chi connectivity index (χ3v) is 6.49. The Hall–Kier alpha value is -2.35. The van der Waals surface area contributed by atoms with Gasteiger partial charge in [0.15, 0.2) is 5.82 Å². The van der Waals surface area contributed by atoms with Crippen LogP contribution in [0.25, 0.3) is 0 Å². The molecule has 0 saturated heterocycles. The Morgan fingerprint density at radius 2 is 1.96 bits per heavy atom. The number of nitrogens with zero attached hydrogens (tertiary/aromatic N) is 3. The van der Waals surface area contributed by atoms with E-state index in [1.165, 1.54) is 12.8 Å². The van der Waals surface area contributed by atoms with E-state index in [1.54, 1.807) is 6.07 Å². The summed E-state index contributed by atoms with van der Waals surface area (Å²) in [6, 6.07) is 4.03. The van der Waals surface area contributed by atoms with Gasteiger partial charge in [-0.3, -0.25) is 5.10 Å². The van der Waals surface area contributed by atoms with Crippen LogP contribution in [0.1, 0.15) is 44.7 Å². The van der Waals surface area contributed by atoms with E-state index in [4.69, 9.17) is 4.74 Å². The third kappa shape index (κ3) is 3.30. The summed E-state index contributed by atoms with van der Waals surface area (Å²) in [7, 11) is 0. The number of H-pyrrole nitrogens is 1. The molecule has 8 heteroatoms. The topological polar surface area (TPSA) is 108 Å². The number of nitrogens with one attached hydrogen (secondary N) is 3. The lowest BCUT2D eigenvalue weighted by Crippen LogP contribution is -2.59. The number of hydrogen-bond donors (Lipinski definition) is 4. The smallest absolute Gasteiger partial charge is 0.228 e. The van der Waals surface area contributed by atoms with Gasteiger partial charge in [-0.15, -0.1) is 0 Å². The summed E-state index contributed by atoms with van der Waals surface area (Å²) in [6.07, 6.45) is 5.15. The molecule has 0 aliphatic heterocycles. The minimum absolute atomic E-state index is 0.314. The first-order valence-corrected chi connectivity index (χ1v) is 10.3. The maximum Gasteiger partial charge on any atom is 0.228 e. The molecule has 2 aromatic rings. The molecule has 4 bridgehead atoms. The van der Waals surface area contributed by atoms with Crippen LogP contribution in [0.5, 0.6) is 5.88 Å². The van der Waals surface area contributed by atoms with E-state index in [0.29, 0.717) is 53.9 Å². The second kappa shape index (κ2) is 6.62. The summed E-state index contributed by atoms with van der Waals surface area (Å²) in [5.74, 6) is 4.12. The molecule has 0 amide bonds. The van der Waals surface area contributed by atoms with Gasteiger partial charge in [0.05, 0.1) is 12.2 Å². The first-order chi connectivity index (χ1) is 13.5. The van der Waals surface area contributed by atoms with Gasteiger partial charge >= 0.3 is 0 Å². The van der Waals surface area contributed by atoms with Gasteiger partial charge in [0.1, 0.15) is 5.82 Å². The molecular weight excluding hydrogens is 356 g/mol. The van der Waals surface area contributed by atoms with Crippen LogP contribution >= 0.6 is 0 Å². The first kappa shape index (κ1) is 17.7. The van der Waals surface area contributed by atoms with Gasteiger partial charge in [-0.1, -0.05) is 0 Å². The molecule has 4 aliphatic rings. The van der Waals surface area contributed by atoms with Crippen LogP contribution in [0.15, 0.2) is 12.1 Å². The Morgan fingerprint density at radius 3 is 2.61 bits per heavy atom. The highest BCUT2D eigenvalue weighted by molar-refractivity contribution is 5.55. The highest BCUT2D eigenvalue weighted by Gasteiger charge is 2.54. The van der Waals surface area contributed by atoms with Crippen LogP contribution in [-0.2, 0) is 0 Å². The Labute approximate surface area is 164 Å². The van der Waals surface area contributed by atoms with Crippen LogP contribution in [0.4, 0.5) is 17.6 Å². The van der Waals surface area contributed by atoms with Gasteiger partial charge in [0.2, 0.25) is 11.8 Å². The lowest BCUT2D eigenvalue weighted by molar-refractivity contribution is -0.129. The summed E-state index contributed by atoms with van der Waals surface area (Å²) in [5, 5.41) is 24.8. The number of rotatable bonds is 6. The molecule has 4 fully saturated rings. The number of aromatic amines is 1. The van der Waals surface area contributed by atoms with Gasteiger partial charge in [-0.2, -0.15) is 15.1 Å². The second-order valence-electron chi connectivity index (χ2n) is 8.77. The minimum atomic E-state index is -0.437. The number of aryl methyl sites for hydroxylation is 1. The van der Waals surface area contributed by atoms with Gasteiger partial charge in [-0.25, -0.2) is 0 Å². The van der Waals surface area contributed by atoms with Crippen LogP contribution in [0.2, 0.25) is 0 Å². The lowest BCUT2D eigenvalue weighted by atomic mass is 9.52. The number of ether oxygens (including phenoxy) is 1. The van der Waals surface area contributed by atoms with Crippen molar-refractivity contribution in [3.8, 4) is 5.88 Å². The molecule has 28 heavy (non-hydrogen) atoms. The molecule has 4 saturated carbocycles. The fraction of sp³-hybridized carbons (Fsp3) is 0.650. The van der Waals surface area contributed by atoms with E-state index in [0.717, 1.165) is 25.0 Å². The van der Waals surface area contributed by atoms with E-state index in [1.807, 2.05) is 19.9 Å². The van der Waals surface area contributed by atoms with Crippen LogP contribution in [-0.4, -0.2) is 43.5 Å². The van der Waals surface area contributed by atoms with Crippen molar-refractivity contribution in [2.75, 3.05) is 17.2 Å². The second-order valence-corrected chi connectivity index (χ2v) is 8.77. The highest BCUT2D eigenvalue weighted by Crippen LogP contribution is 2.56. The van der Waals surface area contributed by atoms with Crippen LogP contribution < -0.4 is 15.4 Å². The Balaban J connectivity index is 1.38. The molecule has 8 nitrogen and oxygen atoms in total. The fourth-order valence-electron chi connectivity index (χ4n) is 5.75. The molecule has 4 N–H and O–H groups in total. The zero-order chi connectivity index (χ0) is 19.3. The number of hydrogen-bond acceptors (Lipinski definition) is 7. The largest absolute Gasteiger partial charge is 0.478 e. The van der Waals surface area contributed by atoms with Crippen molar-refractivity contribution in [1.29, 1.82) is 0 Å². The first-order valence-electron chi connectivity index (χ1n) is 10.3. The number of aromatic nitrogens is 4. The summed E-state index contributed by atoms with van der Waals surface area (Å²) in [5.41, 5.74) is 0.541. The van der Waals surface area contributed by atoms with Crippen molar-refractivity contribution in [3.05, 3.63) is 17.8 Å². The van der Waals surface area contributed by atoms with Crippen molar-refractivity contribution in [2.45, 2.75) is 57.6 Å². The monoisotopic (exact) mass is 384 g/mol. The van der Waals surface area contributed by atoms with Gasteiger partial charge in [0, 0.05) is 23.9 Å². The normalized spacial score (nSPS) is 33.1. The summed E-state index contributed by atoms with van der Waals surface area (Å²) < 4.78 is 5.65. The van der Waals surface area contributed by atoms with Crippen molar-refractivity contribution >= 4 is 17.6 Å². The van der Waals surface area contributed by atoms with E-state index in [2.05, 4.69) is 30.8 Å². The minimum Gasteiger partial charge on any atom is -0.478 e. The van der Waals surface area contributed by atoms with E-state index in [9.17, 15) is 5.11 Å². The van der Waals surface area contributed by atoms with E-state index in [-0.39, 0.29) is 0 Å². The SMILES string of the molecule is CCOc1cc(Nc2cc(C)[nH]n2)nc(NC2C3CC4CC2CC(O)(C4)C3)n1. The summed E-state index contributed by atoms with van der Waals surface area (Å²) in [6.45, 7) is 4.44. The van der Waals surface area contributed by atoms with E-state index < -0.39 is 5.60 Å². The third-order valence-electron chi connectivity index (χ3n) is 6.49. The molecule has 2 unspecified atom stereocenters. The zero-order valence-electron chi connectivity index (χ0n) is 16.4. The van der Waals surface area contributed by atoms with Crippen molar-refractivity contribution in [2.24, 2.45) is 17.8 Å². The molecule has 0 radical (unpaired) electrons. The predicted octanol–water partition coefficient (Wildman–Crippen LogP) is 3.00. The van der Waals surface area contributed by atoms with Crippen LogP contribution in [0.3, 0.4) is 0 Å². The molecular formula is C20H28N6O2. The van der Waals surface area contributed by atoms with Crippen molar-refractivity contribution < 1.29 is 9.84 Å². The highest BCUT2D eigenvalue weighted by atomic mass is 16.5. The standard InChI is InChI=1S/C20H28N6O2/c1-3-28-17-7-15(21-16-4-11(2)25-26-16)22-19(23-17)24-18-13-5-12-6-14(18)10-20(27,8-12)9-13/h4,7,12-14,18,27H,3,5-6,8-10H2,1-2H3,(H3,21,22,23,24,25,26). The molecule has 0 spiro atoms. The molecule has 150 valence electrons. The maximum atomic E-state index is 10.8. The molecule has 4 aliphatic carbocycles. The Kier molecular flexibility index (Phi) is 4.19. The number of anilines is 3.